The number of carbonyl (C=O) groups is 2. The fraction of sp³-hybridized carbons (Fsp3) is 0.214. The molecule has 0 aliphatic carbocycles. The molecule has 1 heterocycles. The van der Waals surface area contributed by atoms with Crippen molar-refractivity contribution >= 4 is 23.3 Å². The maximum Gasteiger partial charge on any atom is 0.324 e. The fourth-order valence-corrected chi connectivity index (χ4v) is 1.72. The Bertz CT molecular complexity index is 641. The molecular formula is C14H16N4O2. The number of ketones is 1. The smallest absolute Gasteiger partial charge is 0.308 e. The number of benzene rings is 1. The minimum atomic E-state index is -0.399. The van der Waals surface area contributed by atoms with Gasteiger partial charge in [0, 0.05) is 30.1 Å². The van der Waals surface area contributed by atoms with Gasteiger partial charge >= 0.3 is 6.03 Å². The number of amides is 2. The maximum atomic E-state index is 11.8. The van der Waals surface area contributed by atoms with E-state index in [-0.39, 0.29) is 5.78 Å². The topological polar surface area (TPSA) is 76.0 Å². The minimum Gasteiger partial charge on any atom is -0.308 e. The number of urea groups is 1. The lowest BCUT2D eigenvalue weighted by Crippen LogP contribution is -2.20. The quantitative estimate of drug-likeness (QED) is 0.843. The van der Waals surface area contributed by atoms with Crippen molar-refractivity contribution in [2.24, 2.45) is 7.05 Å². The summed E-state index contributed by atoms with van der Waals surface area (Å²) in [6.07, 6.45) is 0. The van der Waals surface area contributed by atoms with Gasteiger partial charge in [-0.25, -0.2) is 4.79 Å². The Labute approximate surface area is 116 Å². The molecule has 20 heavy (non-hydrogen) atoms. The zero-order chi connectivity index (χ0) is 14.7. The van der Waals surface area contributed by atoms with Crippen LogP contribution in [0.4, 0.5) is 16.3 Å². The molecule has 0 fully saturated rings. The molecule has 1 aromatic heterocycles. The van der Waals surface area contributed by atoms with Gasteiger partial charge in [0.05, 0.1) is 0 Å². The van der Waals surface area contributed by atoms with Crippen molar-refractivity contribution in [2.45, 2.75) is 13.8 Å². The minimum absolute atomic E-state index is 0.0468. The lowest BCUT2D eigenvalue weighted by Gasteiger charge is -2.06. The molecule has 6 heteroatoms. The second-order valence-electron chi connectivity index (χ2n) is 4.51. The van der Waals surface area contributed by atoms with E-state index in [1.54, 1.807) is 42.1 Å². The highest BCUT2D eigenvalue weighted by Crippen LogP contribution is 2.12. The highest BCUT2D eigenvalue weighted by atomic mass is 16.2. The van der Waals surface area contributed by atoms with Gasteiger partial charge in [0.2, 0.25) is 0 Å². The molecule has 0 atom stereocenters. The van der Waals surface area contributed by atoms with Gasteiger partial charge < -0.3 is 5.32 Å². The predicted molar refractivity (Wildman–Crippen MR) is 77.0 cm³/mol. The van der Waals surface area contributed by atoms with Crippen molar-refractivity contribution in [3.8, 4) is 0 Å². The van der Waals surface area contributed by atoms with Crippen LogP contribution in [0, 0.1) is 6.92 Å². The highest BCUT2D eigenvalue weighted by molar-refractivity contribution is 6.00. The molecule has 0 radical (unpaired) electrons. The van der Waals surface area contributed by atoms with Crippen LogP contribution >= 0.6 is 0 Å². The molecule has 0 saturated carbocycles. The van der Waals surface area contributed by atoms with Gasteiger partial charge in [-0.2, -0.15) is 5.10 Å². The van der Waals surface area contributed by atoms with Crippen molar-refractivity contribution in [2.75, 3.05) is 10.6 Å². The van der Waals surface area contributed by atoms with Crippen molar-refractivity contribution in [3.63, 3.8) is 0 Å². The number of Topliss-reactive ketones (excluding diaryl/α,β-unsaturated/α-hetero) is 1. The summed E-state index contributed by atoms with van der Waals surface area (Å²) in [5.41, 5.74) is 2.05. The fourth-order valence-electron chi connectivity index (χ4n) is 1.72. The summed E-state index contributed by atoms with van der Waals surface area (Å²) in [5.74, 6) is 0.430. The lowest BCUT2D eigenvalue weighted by molar-refractivity contribution is 0.101. The molecule has 0 bridgehead atoms. The molecule has 0 unspecified atom stereocenters. The molecule has 2 aromatic rings. The number of rotatable bonds is 3. The van der Waals surface area contributed by atoms with Crippen molar-refractivity contribution < 1.29 is 9.59 Å². The number of hydrogen-bond acceptors (Lipinski definition) is 3. The van der Waals surface area contributed by atoms with Crippen LogP contribution in [0.2, 0.25) is 0 Å². The first-order valence-corrected chi connectivity index (χ1v) is 6.15. The van der Waals surface area contributed by atoms with E-state index in [1.165, 1.54) is 6.92 Å². The number of nitrogens with one attached hydrogen (secondary N) is 2. The third kappa shape index (κ3) is 3.23. The van der Waals surface area contributed by atoms with E-state index in [0.29, 0.717) is 17.1 Å². The summed E-state index contributed by atoms with van der Waals surface area (Å²) < 4.78 is 1.67. The van der Waals surface area contributed by atoms with E-state index in [0.717, 1.165) is 5.69 Å². The molecule has 1 aromatic carbocycles. The molecule has 0 spiro atoms. The molecule has 0 aliphatic rings. The van der Waals surface area contributed by atoms with Crippen molar-refractivity contribution in [3.05, 3.63) is 41.6 Å². The number of anilines is 2. The highest BCUT2D eigenvalue weighted by Gasteiger charge is 2.07. The number of carbonyl (C=O) groups excluding carboxylic acids is 2. The standard InChI is InChI=1S/C14H16N4O2/c1-9-7-13(17-18(9)3)16-14(20)15-12-6-4-5-11(8-12)10(2)19/h4-8H,1-3H3,(H2,15,16,17,20). The Kier molecular flexibility index (Phi) is 3.84. The summed E-state index contributed by atoms with van der Waals surface area (Å²) in [7, 11) is 1.80. The van der Waals surface area contributed by atoms with Crippen LogP contribution in [0.5, 0.6) is 0 Å². The lowest BCUT2D eigenvalue weighted by atomic mass is 10.1. The van der Waals surface area contributed by atoms with E-state index in [4.69, 9.17) is 0 Å². The van der Waals surface area contributed by atoms with Crippen LogP contribution in [0.15, 0.2) is 30.3 Å². The van der Waals surface area contributed by atoms with Crippen LogP contribution in [0.1, 0.15) is 23.0 Å². The zero-order valence-electron chi connectivity index (χ0n) is 11.6. The number of hydrogen-bond donors (Lipinski definition) is 2. The van der Waals surface area contributed by atoms with Crippen LogP contribution < -0.4 is 10.6 Å². The van der Waals surface area contributed by atoms with Crippen molar-refractivity contribution in [1.82, 2.24) is 9.78 Å². The average Bonchev–Trinajstić information content (AvgIpc) is 2.68. The summed E-state index contributed by atoms with van der Waals surface area (Å²) in [4.78, 5) is 23.1. The Morgan fingerprint density at radius 3 is 2.55 bits per heavy atom. The van der Waals surface area contributed by atoms with E-state index in [9.17, 15) is 9.59 Å². The Morgan fingerprint density at radius 2 is 1.95 bits per heavy atom. The summed E-state index contributed by atoms with van der Waals surface area (Å²) in [6, 6.07) is 8.14. The molecule has 0 saturated heterocycles. The Morgan fingerprint density at radius 1 is 1.20 bits per heavy atom. The maximum absolute atomic E-state index is 11.8. The first-order valence-electron chi connectivity index (χ1n) is 6.15. The Hall–Kier alpha value is -2.63. The second-order valence-corrected chi connectivity index (χ2v) is 4.51. The van der Waals surface area contributed by atoms with Gasteiger partial charge in [-0.05, 0) is 26.0 Å². The third-order valence-corrected chi connectivity index (χ3v) is 2.88. The molecular weight excluding hydrogens is 256 g/mol. The van der Waals surface area contributed by atoms with Crippen LogP contribution in [0.25, 0.3) is 0 Å². The molecule has 0 aliphatic heterocycles. The largest absolute Gasteiger partial charge is 0.324 e. The summed E-state index contributed by atoms with van der Waals surface area (Å²) >= 11 is 0. The average molecular weight is 272 g/mol. The van der Waals surface area contributed by atoms with Crippen LogP contribution in [-0.4, -0.2) is 21.6 Å². The van der Waals surface area contributed by atoms with E-state index >= 15 is 0 Å². The van der Waals surface area contributed by atoms with Crippen molar-refractivity contribution in [1.29, 1.82) is 0 Å². The molecule has 2 N–H and O–H groups in total. The van der Waals surface area contributed by atoms with Crippen LogP contribution in [-0.2, 0) is 7.05 Å². The first kappa shape index (κ1) is 13.8. The van der Waals surface area contributed by atoms with Gasteiger partial charge in [-0.15, -0.1) is 0 Å². The van der Waals surface area contributed by atoms with Gasteiger partial charge in [-0.1, -0.05) is 12.1 Å². The normalized spacial score (nSPS) is 10.2. The molecule has 6 nitrogen and oxygen atoms in total. The van der Waals surface area contributed by atoms with Crippen LogP contribution in [0.3, 0.4) is 0 Å². The monoisotopic (exact) mass is 272 g/mol. The van der Waals surface area contributed by atoms with E-state index < -0.39 is 6.03 Å². The summed E-state index contributed by atoms with van der Waals surface area (Å²) in [6.45, 7) is 3.38. The van der Waals surface area contributed by atoms with E-state index in [1.807, 2.05) is 6.92 Å². The van der Waals surface area contributed by atoms with Gasteiger partial charge in [0.15, 0.2) is 11.6 Å². The second kappa shape index (κ2) is 5.56. The number of nitrogens with zero attached hydrogens (tertiary/aromatic N) is 2. The van der Waals surface area contributed by atoms with Gasteiger partial charge in [0.1, 0.15) is 0 Å². The Balaban J connectivity index is 2.04. The molecule has 2 rings (SSSR count). The predicted octanol–water partition coefficient (Wildman–Crippen LogP) is 2.58. The molecule has 104 valence electrons. The van der Waals surface area contributed by atoms with Gasteiger partial charge in [-0.3, -0.25) is 14.8 Å². The van der Waals surface area contributed by atoms with Gasteiger partial charge in [0.25, 0.3) is 0 Å². The number of aryl methyl sites for hydroxylation is 2. The number of aromatic nitrogens is 2. The third-order valence-electron chi connectivity index (χ3n) is 2.88. The molecule has 2 amide bonds. The zero-order valence-corrected chi connectivity index (χ0v) is 11.6. The summed E-state index contributed by atoms with van der Waals surface area (Å²) in [5, 5.41) is 9.42. The first-order chi connectivity index (χ1) is 9.45. The van der Waals surface area contributed by atoms with E-state index in [2.05, 4.69) is 15.7 Å². The SMILES string of the molecule is CC(=O)c1cccc(NC(=O)Nc2cc(C)n(C)n2)c1.